The van der Waals surface area contributed by atoms with Crippen LogP contribution in [-0.4, -0.2) is 11.1 Å². The first kappa shape index (κ1) is 12.9. The number of hydrogen-bond acceptors (Lipinski definition) is 2. The lowest BCUT2D eigenvalue weighted by Crippen LogP contribution is -2.03. The Bertz CT molecular complexity index is 587. The third-order valence-corrected chi connectivity index (χ3v) is 3.64. The molecule has 0 saturated heterocycles. The normalized spacial score (nSPS) is 11.9. The number of thiophene rings is 1. The van der Waals surface area contributed by atoms with Gasteiger partial charge in [-0.05, 0) is 30.0 Å². The van der Waals surface area contributed by atoms with Crippen molar-refractivity contribution in [2.75, 3.05) is 0 Å². The minimum Gasteiger partial charge on any atom is -0.481 e. The van der Waals surface area contributed by atoms with Gasteiger partial charge in [0, 0.05) is 9.58 Å². The second-order valence-electron chi connectivity index (χ2n) is 3.86. The molecular weight excluding hydrogens is 265 g/mol. The molecule has 0 aliphatic heterocycles. The average molecular weight is 274 g/mol. The summed E-state index contributed by atoms with van der Waals surface area (Å²) in [4.78, 5) is 11.2. The monoisotopic (exact) mass is 274 g/mol. The summed E-state index contributed by atoms with van der Waals surface area (Å²) in [5, 5.41) is 9.27. The third kappa shape index (κ3) is 2.81. The summed E-state index contributed by atoms with van der Waals surface area (Å²) < 4.78 is 38.0. The van der Waals surface area contributed by atoms with E-state index < -0.39 is 17.7 Å². The molecule has 0 fully saturated rings. The zero-order valence-corrected chi connectivity index (χ0v) is 9.94. The maximum atomic E-state index is 12.5. The van der Waals surface area contributed by atoms with Crippen molar-refractivity contribution in [2.24, 2.45) is 0 Å². The number of carboxylic acid groups (broad SMARTS) is 1. The zero-order valence-electron chi connectivity index (χ0n) is 9.12. The van der Waals surface area contributed by atoms with Crippen LogP contribution in [0.25, 0.3) is 10.1 Å². The summed E-state index contributed by atoms with van der Waals surface area (Å²) in [5.74, 6) is -0.913. The summed E-state index contributed by atoms with van der Waals surface area (Å²) >= 11 is 1.21. The highest BCUT2D eigenvalue weighted by molar-refractivity contribution is 7.19. The van der Waals surface area contributed by atoms with Crippen molar-refractivity contribution in [3.05, 3.63) is 34.7 Å². The topological polar surface area (TPSA) is 37.3 Å². The van der Waals surface area contributed by atoms with Crippen LogP contribution in [0.1, 0.15) is 16.9 Å². The van der Waals surface area contributed by atoms with Gasteiger partial charge in [-0.1, -0.05) is 6.07 Å². The number of aliphatic carboxylic acids is 1. The molecule has 0 atom stereocenters. The van der Waals surface area contributed by atoms with Crippen LogP contribution in [0.5, 0.6) is 0 Å². The molecule has 1 aromatic carbocycles. The fraction of sp³-hybridized carbons (Fsp3) is 0.250. The molecule has 0 aliphatic rings. The second-order valence-corrected chi connectivity index (χ2v) is 5.03. The van der Waals surface area contributed by atoms with Crippen LogP contribution in [-0.2, 0) is 17.4 Å². The van der Waals surface area contributed by atoms with Crippen molar-refractivity contribution in [3.8, 4) is 0 Å². The fourth-order valence-corrected chi connectivity index (χ4v) is 2.72. The fourth-order valence-electron chi connectivity index (χ4n) is 1.62. The maximum absolute atomic E-state index is 12.5. The van der Waals surface area contributed by atoms with Crippen molar-refractivity contribution in [2.45, 2.75) is 19.0 Å². The zero-order chi connectivity index (χ0) is 13.3. The Labute approximate surface area is 105 Å². The molecule has 0 bridgehead atoms. The van der Waals surface area contributed by atoms with Gasteiger partial charge in [0.15, 0.2) is 0 Å². The molecule has 0 saturated carbocycles. The van der Waals surface area contributed by atoms with Crippen molar-refractivity contribution < 1.29 is 23.1 Å². The highest BCUT2D eigenvalue weighted by Gasteiger charge is 2.30. The SMILES string of the molecule is O=C(O)CCc1cc2ccc(C(F)(F)F)cc2s1. The lowest BCUT2D eigenvalue weighted by atomic mass is 10.1. The molecule has 0 spiro atoms. The first-order chi connectivity index (χ1) is 8.36. The molecule has 0 unspecified atom stereocenters. The highest BCUT2D eigenvalue weighted by Crippen LogP contribution is 2.34. The lowest BCUT2D eigenvalue weighted by molar-refractivity contribution is -0.138. The Balaban J connectivity index is 2.31. The first-order valence-electron chi connectivity index (χ1n) is 5.18. The first-order valence-corrected chi connectivity index (χ1v) is 5.99. The van der Waals surface area contributed by atoms with Gasteiger partial charge in [-0.15, -0.1) is 11.3 Å². The number of alkyl halides is 3. The predicted octanol–water partition coefficient (Wildman–Crippen LogP) is 3.94. The van der Waals surface area contributed by atoms with E-state index in [0.717, 1.165) is 17.0 Å². The van der Waals surface area contributed by atoms with E-state index in [9.17, 15) is 18.0 Å². The third-order valence-electron chi connectivity index (χ3n) is 2.48. The molecule has 0 aliphatic carbocycles. The number of rotatable bonds is 3. The molecule has 2 nitrogen and oxygen atoms in total. The van der Waals surface area contributed by atoms with E-state index in [1.807, 2.05) is 0 Å². The van der Waals surface area contributed by atoms with Crippen LogP contribution in [0.4, 0.5) is 13.2 Å². The van der Waals surface area contributed by atoms with Gasteiger partial charge in [0.2, 0.25) is 0 Å². The number of hydrogen-bond donors (Lipinski definition) is 1. The number of carbonyl (C=O) groups is 1. The molecule has 96 valence electrons. The Kier molecular flexibility index (Phi) is 3.30. The van der Waals surface area contributed by atoms with Crippen LogP contribution in [0.15, 0.2) is 24.3 Å². The molecule has 1 N–H and O–H groups in total. The van der Waals surface area contributed by atoms with E-state index in [1.165, 1.54) is 17.4 Å². The summed E-state index contributed by atoms with van der Waals surface area (Å²) in [5.41, 5.74) is -0.679. The number of aryl methyl sites for hydroxylation is 1. The molecule has 1 aromatic heterocycles. The van der Waals surface area contributed by atoms with Gasteiger partial charge in [-0.25, -0.2) is 0 Å². The van der Waals surface area contributed by atoms with Gasteiger partial charge in [0.1, 0.15) is 0 Å². The van der Waals surface area contributed by atoms with Gasteiger partial charge < -0.3 is 5.11 Å². The van der Waals surface area contributed by atoms with E-state index in [4.69, 9.17) is 5.11 Å². The molecule has 6 heteroatoms. The summed E-state index contributed by atoms with van der Waals surface area (Å²) in [6.07, 6.45) is -4.02. The molecule has 0 radical (unpaired) electrons. The quantitative estimate of drug-likeness (QED) is 0.920. The minimum atomic E-state index is -4.35. The molecule has 2 rings (SSSR count). The van der Waals surface area contributed by atoms with Crippen LogP contribution in [0.2, 0.25) is 0 Å². The van der Waals surface area contributed by atoms with Gasteiger partial charge >= 0.3 is 12.1 Å². The maximum Gasteiger partial charge on any atom is 0.416 e. The molecule has 18 heavy (non-hydrogen) atoms. The van der Waals surface area contributed by atoms with Crippen LogP contribution in [0, 0.1) is 0 Å². The largest absolute Gasteiger partial charge is 0.481 e. The molecule has 2 aromatic rings. The van der Waals surface area contributed by atoms with Crippen molar-refractivity contribution in [3.63, 3.8) is 0 Å². The van der Waals surface area contributed by atoms with Gasteiger partial charge in [-0.3, -0.25) is 4.79 Å². The smallest absolute Gasteiger partial charge is 0.416 e. The Morgan fingerprint density at radius 3 is 2.61 bits per heavy atom. The minimum absolute atomic E-state index is 0.0149. The van der Waals surface area contributed by atoms with E-state index in [1.54, 1.807) is 6.07 Å². The van der Waals surface area contributed by atoms with Gasteiger partial charge in [-0.2, -0.15) is 13.2 Å². The number of carboxylic acids is 1. The summed E-state index contributed by atoms with van der Waals surface area (Å²) in [7, 11) is 0. The van der Waals surface area contributed by atoms with Crippen LogP contribution < -0.4 is 0 Å². The van der Waals surface area contributed by atoms with Crippen LogP contribution in [0.3, 0.4) is 0 Å². The van der Waals surface area contributed by atoms with E-state index in [2.05, 4.69) is 0 Å². The second kappa shape index (κ2) is 4.61. The summed E-state index contributed by atoms with van der Waals surface area (Å²) in [6.45, 7) is 0. The Morgan fingerprint density at radius 2 is 2.00 bits per heavy atom. The van der Waals surface area contributed by atoms with Crippen LogP contribution >= 0.6 is 11.3 Å². The molecule has 0 amide bonds. The van der Waals surface area contributed by atoms with Gasteiger partial charge in [0.05, 0.1) is 12.0 Å². The Morgan fingerprint density at radius 1 is 1.28 bits per heavy atom. The highest BCUT2D eigenvalue weighted by atomic mass is 32.1. The predicted molar refractivity (Wildman–Crippen MR) is 62.8 cm³/mol. The van der Waals surface area contributed by atoms with Crippen molar-refractivity contribution in [1.29, 1.82) is 0 Å². The average Bonchev–Trinajstić information content (AvgIpc) is 2.66. The number of halogens is 3. The number of benzene rings is 1. The Hall–Kier alpha value is -1.56. The van der Waals surface area contributed by atoms with Crippen molar-refractivity contribution >= 4 is 27.4 Å². The lowest BCUT2D eigenvalue weighted by Gasteiger charge is -2.05. The van der Waals surface area contributed by atoms with E-state index >= 15 is 0 Å². The molecule has 1 heterocycles. The van der Waals surface area contributed by atoms with E-state index in [0.29, 0.717) is 16.5 Å². The summed E-state index contributed by atoms with van der Waals surface area (Å²) in [6, 6.07) is 5.29. The standard InChI is InChI=1S/C12H9F3O2S/c13-12(14,15)8-2-1-7-5-9(3-4-11(16)17)18-10(7)6-8/h1-2,5-6H,3-4H2,(H,16,17). The molecular formula is C12H9F3O2S. The van der Waals surface area contributed by atoms with E-state index in [-0.39, 0.29) is 6.42 Å². The van der Waals surface area contributed by atoms with Crippen molar-refractivity contribution in [1.82, 2.24) is 0 Å². The van der Waals surface area contributed by atoms with Gasteiger partial charge in [0.25, 0.3) is 0 Å². The number of fused-ring (bicyclic) bond motifs is 1.